The summed E-state index contributed by atoms with van der Waals surface area (Å²) < 4.78 is 11.0. The lowest BCUT2D eigenvalue weighted by Crippen LogP contribution is -2.35. The summed E-state index contributed by atoms with van der Waals surface area (Å²) in [6.45, 7) is 1.30. The molecule has 2 nitrogen and oxygen atoms in total. The topological polar surface area (TPSA) is 21.8 Å². The molecule has 0 N–H and O–H groups in total. The summed E-state index contributed by atoms with van der Waals surface area (Å²) in [6, 6.07) is 0. The van der Waals surface area contributed by atoms with Crippen LogP contribution in [0.2, 0.25) is 0 Å². The van der Waals surface area contributed by atoms with Crippen LogP contribution in [0.25, 0.3) is 0 Å². The minimum atomic E-state index is 0.0785. The lowest BCUT2D eigenvalue weighted by Gasteiger charge is -2.28. The van der Waals surface area contributed by atoms with Crippen molar-refractivity contribution in [3.63, 3.8) is 0 Å². The second-order valence-corrected chi connectivity index (χ2v) is 3.60. The average molecular weight is 166 g/mol. The van der Waals surface area contributed by atoms with Gasteiger partial charge in [-0.3, -0.25) is 0 Å². The highest BCUT2D eigenvalue weighted by Crippen LogP contribution is 2.43. The summed E-state index contributed by atoms with van der Waals surface area (Å²) in [5.74, 6) is 2.50. The standard InChI is InChI=1S/C10H14O2/c1-2-7-11-9-5-3-4-6-10(9)8-12-10/h1,9H,3-8H2. The van der Waals surface area contributed by atoms with Crippen molar-refractivity contribution in [2.24, 2.45) is 0 Å². The van der Waals surface area contributed by atoms with Crippen molar-refractivity contribution < 1.29 is 9.47 Å². The molecule has 2 fully saturated rings. The van der Waals surface area contributed by atoms with E-state index in [4.69, 9.17) is 15.9 Å². The lowest BCUT2D eigenvalue weighted by molar-refractivity contribution is -0.0119. The van der Waals surface area contributed by atoms with E-state index >= 15 is 0 Å². The molecular formula is C10H14O2. The minimum absolute atomic E-state index is 0.0785. The van der Waals surface area contributed by atoms with Crippen molar-refractivity contribution in [2.75, 3.05) is 13.2 Å². The van der Waals surface area contributed by atoms with Gasteiger partial charge >= 0.3 is 0 Å². The number of hydrogen-bond donors (Lipinski definition) is 0. The molecule has 1 aliphatic carbocycles. The Kier molecular flexibility index (Phi) is 2.08. The van der Waals surface area contributed by atoms with E-state index in [1.807, 2.05) is 0 Å². The van der Waals surface area contributed by atoms with Gasteiger partial charge in [0.05, 0.1) is 12.7 Å². The van der Waals surface area contributed by atoms with Crippen LogP contribution in [0.1, 0.15) is 25.7 Å². The van der Waals surface area contributed by atoms with Crippen molar-refractivity contribution >= 4 is 0 Å². The molecule has 2 heteroatoms. The van der Waals surface area contributed by atoms with E-state index in [0.29, 0.717) is 6.61 Å². The number of rotatable bonds is 2. The van der Waals surface area contributed by atoms with E-state index in [1.54, 1.807) is 0 Å². The molecule has 2 atom stereocenters. The molecule has 0 amide bonds. The van der Waals surface area contributed by atoms with Gasteiger partial charge in [0.2, 0.25) is 0 Å². The van der Waals surface area contributed by atoms with E-state index in [0.717, 1.165) is 19.4 Å². The van der Waals surface area contributed by atoms with Crippen molar-refractivity contribution in [2.45, 2.75) is 37.4 Å². The maximum atomic E-state index is 5.55. The van der Waals surface area contributed by atoms with E-state index < -0.39 is 0 Å². The molecule has 2 unspecified atom stereocenters. The molecule has 1 aliphatic heterocycles. The summed E-state index contributed by atoms with van der Waals surface area (Å²) in [5, 5.41) is 0. The largest absolute Gasteiger partial charge is 0.367 e. The summed E-state index contributed by atoms with van der Waals surface area (Å²) in [6.07, 6.45) is 10.2. The van der Waals surface area contributed by atoms with Crippen LogP contribution in [0.15, 0.2) is 0 Å². The molecule has 2 rings (SSSR count). The highest BCUT2D eigenvalue weighted by Gasteiger charge is 2.53. The van der Waals surface area contributed by atoms with E-state index in [9.17, 15) is 0 Å². The Morgan fingerprint density at radius 3 is 3.08 bits per heavy atom. The van der Waals surface area contributed by atoms with E-state index in [2.05, 4.69) is 5.92 Å². The molecule has 12 heavy (non-hydrogen) atoms. The molecule has 0 aromatic rings. The van der Waals surface area contributed by atoms with Gasteiger partial charge in [0.1, 0.15) is 12.2 Å². The number of ether oxygens (including phenoxy) is 2. The Bertz CT molecular complexity index is 200. The molecule has 1 spiro atoms. The van der Waals surface area contributed by atoms with Gasteiger partial charge in [0.25, 0.3) is 0 Å². The summed E-state index contributed by atoms with van der Waals surface area (Å²) in [5.41, 5.74) is 0.0785. The van der Waals surface area contributed by atoms with Crippen molar-refractivity contribution in [3.05, 3.63) is 0 Å². The van der Waals surface area contributed by atoms with E-state index in [1.165, 1.54) is 12.8 Å². The van der Waals surface area contributed by atoms with Gasteiger partial charge < -0.3 is 9.47 Å². The first-order valence-corrected chi connectivity index (χ1v) is 4.56. The van der Waals surface area contributed by atoms with Crippen molar-refractivity contribution in [1.29, 1.82) is 0 Å². The molecule has 0 bridgehead atoms. The predicted octanol–water partition coefficient (Wildman–Crippen LogP) is 1.35. The van der Waals surface area contributed by atoms with Gasteiger partial charge in [0.15, 0.2) is 0 Å². The van der Waals surface area contributed by atoms with Gasteiger partial charge in [-0.15, -0.1) is 6.42 Å². The number of epoxide rings is 1. The van der Waals surface area contributed by atoms with Gasteiger partial charge in [-0.05, 0) is 12.8 Å². The van der Waals surface area contributed by atoms with Crippen LogP contribution in [0.3, 0.4) is 0 Å². The third kappa shape index (κ3) is 1.35. The van der Waals surface area contributed by atoms with Crippen LogP contribution in [-0.4, -0.2) is 24.9 Å². The molecule has 1 saturated heterocycles. The zero-order chi connectivity index (χ0) is 8.44. The van der Waals surface area contributed by atoms with Crippen LogP contribution >= 0.6 is 0 Å². The molecule has 0 radical (unpaired) electrons. The van der Waals surface area contributed by atoms with Gasteiger partial charge in [0, 0.05) is 0 Å². The third-order valence-corrected chi connectivity index (χ3v) is 2.79. The Balaban J connectivity index is 1.89. The summed E-state index contributed by atoms with van der Waals surface area (Å²) >= 11 is 0. The van der Waals surface area contributed by atoms with Crippen molar-refractivity contribution in [1.82, 2.24) is 0 Å². The monoisotopic (exact) mass is 166 g/mol. The predicted molar refractivity (Wildman–Crippen MR) is 45.7 cm³/mol. The Hall–Kier alpha value is -0.520. The number of terminal acetylenes is 1. The van der Waals surface area contributed by atoms with Crippen LogP contribution in [0.5, 0.6) is 0 Å². The highest BCUT2D eigenvalue weighted by molar-refractivity contribution is 5.02. The fraction of sp³-hybridized carbons (Fsp3) is 0.800. The van der Waals surface area contributed by atoms with Gasteiger partial charge in [-0.1, -0.05) is 18.8 Å². The third-order valence-electron chi connectivity index (χ3n) is 2.79. The maximum absolute atomic E-state index is 5.55. The van der Waals surface area contributed by atoms with Crippen LogP contribution in [0.4, 0.5) is 0 Å². The van der Waals surface area contributed by atoms with Gasteiger partial charge in [-0.2, -0.15) is 0 Å². The minimum Gasteiger partial charge on any atom is -0.367 e. The molecule has 66 valence electrons. The Labute approximate surface area is 73.2 Å². The first-order chi connectivity index (χ1) is 5.87. The maximum Gasteiger partial charge on any atom is 0.118 e. The Morgan fingerprint density at radius 2 is 2.42 bits per heavy atom. The second-order valence-electron chi connectivity index (χ2n) is 3.60. The van der Waals surface area contributed by atoms with E-state index in [-0.39, 0.29) is 11.7 Å². The fourth-order valence-electron chi connectivity index (χ4n) is 1.98. The quantitative estimate of drug-likeness (QED) is 0.456. The molecular weight excluding hydrogens is 152 g/mol. The van der Waals surface area contributed by atoms with Crippen LogP contribution in [-0.2, 0) is 9.47 Å². The summed E-state index contributed by atoms with van der Waals surface area (Å²) in [7, 11) is 0. The average Bonchev–Trinajstić information content (AvgIpc) is 2.85. The molecule has 1 heterocycles. The lowest BCUT2D eigenvalue weighted by atomic mass is 9.87. The Morgan fingerprint density at radius 1 is 1.58 bits per heavy atom. The molecule has 2 aliphatic rings. The van der Waals surface area contributed by atoms with Crippen LogP contribution in [0, 0.1) is 12.3 Å². The molecule has 0 aromatic carbocycles. The zero-order valence-electron chi connectivity index (χ0n) is 7.21. The molecule has 1 saturated carbocycles. The molecule has 0 aromatic heterocycles. The highest BCUT2D eigenvalue weighted by atomic mass is 16.6. The zero-order valence-corrected chi connectivity index (χ0v) is 7.21. The fourth-order valence-corrected chi connectivity index (χ4v) is 1.98. The van der Waals surface area contributed by atoms with Crippen LogP contribution < -0.4 is 0 Å². The first-order valence-electron chi connectivity index (χ1n) is 4.56. The SMILES string of the molecule is C#CCOC1CCCCC12CO2. The first kappa shape index (κ1) is 8.10. The summed E-state index contributed by atoms with van der Waals surface area (Å²) in [4.78, 5) is 0. The smallest absolute Gasteiger partial charge is 0.118 e. The number of hydrogen-bond acceptors (Lipinski definition) is 2. The second kappa shape index (κ2) is 3.08. The van der Waals surface area contributed by atoms with Crippen molar-refractivity contribution in [3.8, 4) is 12.3 Å². The normalized spacial score (nSPS) is 39.4. The van der Waals surface area contributed by atoms with Gasteiger partial charge in [-0.25, -0.2) is 0 Å².